The van der Waals surface area contributed by atoms with Crippen molar-refractivity contribution in [2.75, 3.05) is 0 Å². The number of aromatic nitrogens is 1. The van der Waals surface area contributed by atoms with Crippen LogP contribution in [0.2, 0.25) is 0 Å². The fourth-order valence-electron chi connectivity index (χ4n) is 3.56. The Kier molecular flexibility index (Phi) is 4.95. The Morgan fingerprint density at radius 2 is 2.14 bits per heavy atom. The fourth-order valence-corrected chi connectivity index (χ4v) is 4.31. The molecule has 3 heterocycles. The molecule has 2 N–H and O–H groups in total. The predicted molar refractivity (Wildman–Crippen MR) is 102 cm³/mol. The quantitative estimate of drug-likeness (QED) is 0.672. The molecular formula is C20H18F3N3O2S. The van der Waals surface area contributed by atoms with Gasteiger partial charge in [-0.1, -0.05) is 12.1 Å². The molecule has 29 heavy (non-hydrogen) atoms. The molecule has 0 radical (unpaired) electrons. The van der Waals surface area contributed by atoms with Crippen LogP contribution in [0.15, 0.2) is 46.4 Å². The fraction of sp³-hybridized carbons (Fsp3) is 0.300. The third kappa shape index (κ3) is 3.92. The molecule has 1 fully saturated rings. The van der Waals surface area contributed by atoms with Crippen LogP contribution >= 0.6 is 11.3 Å². The van der Waals surface area contributed by atoms with E-state index in [0.29, 0.717) is 16.9 Å². The monoisotopic (exact) mass is 421 g/mol. The molecule has 1 aliphatic heterocycles. The Balaban J connectivity index is 1.61. The van der Waals surface area contributed by atoms with Gasteiger partial charge in [0.05, 0.1) is 17.9 Å². The molecule has 3 aromatic rings. The van der Waals surface area contributed by atoms with Crippen LogP contribution in [0, 0.1) is 6.92 Å². The minimum Gasteiger partial charge on any atom is -0.461 e. The number of rotatable bonds is 4. The first-order valence-electron chi connectivity index (χ1n) is 8.94. The highest BCUT2D eigenvalue weighted by Gasteiger charge is 2.40. The normalized spacial score (nSPS) is 19.9. The lowest BCUT2D eigenvalue weighted by Crippen LogP contribution is -2.32. The summed E-state index contributed by atoms with van der Waals surface area (Å²) < 4.78 is 44.7. The topological polar surface area (TPSA) is 72.4 Å². The Labute approximate surface area is 169 Å². The van der Waals surface area contributed by atoms with Crippen molar-refractivity contribution in [3.63, 3.8) is 0 Å². The number of alkyl halides is 3. The Morgan fingerprint density at radius 1 is 1.34 bits per heavy atom. The molecule has 1 aliphatic rings. The average Bonchev–Trinajstić information content (AvgIpc) is 3.35. The molecule has 1 amide bonds. The number of nitrogens with zero attached hydrogens (tertiary/aromatic N) is 2. The first-order chi connectivity index (χ1) is 13.7. The zero-order valence-electron chi connectivity index (χ0n) is 15.4. The Morgan fingerprint density at radius 3 is 2.83 bits per heavy atom. The van der Waals surface area contributed by atoms with Gasteiger partial charge in [0, 0.05) is 35.6 Å². The van der Waals surface area contributed by atoms with E-state index in [1.165, 1.54) is 28.6 Å². The second-order valence-corrected chi connectivity index (χ2v) is 7.93. The van der Waals surface area contributed by atoms with Crippen LogP contribution in [0.4, 0.5) is 13.2 Å². The van der Waals surface area contributed by atoms with Gasteiger partial charge in [-0.15, -0.1) is 11.3 Å². The lowest BCUT2D eigenvalue weighted by molar-refractivity contribution is -0.137. The SMILES string of the molecule is Cc1csc(-c2cc(C3C(N)CC(=O)N3Cc3cccc(C(F)(F)F)c3)co2)n1. The molecule has 0 aliphatic carbocycles. The van der Waals surface area contributed by atoms with Crippen LogP contribution in [0.5, 0.6) is 0 Å². The van der Waals surface area contributed by atoms with Crippen LogP contribution < -0.4 is 5.73 Å². The van der Waals surface area contributed by atoms with E-state index in [9.17, 15) is 18.0 Å². The van der Waals surface area contributed by atoms with Gasteiger partial charge in [0.25, 0.3) is 0 Å². The van der Waals surface area contributed by atoms with Crippen molar-refractivity contribution in [3.8, 4) is 10.8 Å². The summed E-state index contributed by atoms with van der Waals surface area (Å²) in [7, 11) is 0. The van der Waals surface area contributed by atoms with Crippen molar-refractivity contribution >= 4 is 17.2 Å². The van der Waals surface area contributed by atoms with Crippen LogP contribution in [-0.4, -0.2) is 21.8 Å². The van der Waals surface area contributed by atoms with Gasteiger partial charge in [-0.2, -0.15) is 13.2 Å². The van der Waals surface area contributed by atoms with Gasteiger partial charge in [0.2, 0.25) is 5.91 Å². The minimum absolute atomic E-state index is 0.0397. The molecule has 2 unspecified atom stereocenters. The second kappa shape index (κ2) is 7.31. The van der Waals surface area contributed by atoms with Crippen molar-refractivity contribution in [3.05, 3.63) is 64.4 Å². The van der Waals surface area contributed by atoms with Crippen molar-refractivity contribution in [1.29, 1.82) is 0 Å². The predicted octanol–water partition coefficient (Wildman–Crippen LogP) is 4.53. The molecule has 1 aromatic carbocycles. The molecular weight excluding hydrogens is 403 g/mol. The summed E-state index contributed by atoms with van der Waals surface area (Å²) in [6, 6.07) is 5.83. The van der Waals surface area contributed by atoms with Crippen LogP contribution in [0.1, 0.15) is 34.8 Å². The summed E-state index contributed by atoms with van der Waals surface area (Å²) in [6.07, 6.45) is -2.78. The number of aryl methyl sites for hydroxylation is 1. The van der Waals surface area contributed by atoms with Crippen LogP contribution in [-0.2, 0) is 17.5 Å². The highest BCUT2D eigenvalue weighted by Crippen LogP contribution is 2.37. The van der Waals surface area contributed by atoms with Gasteiger partial charge in [0.15, 0.2) is 10.8 Å². The van der Waals surface area contributed by atoms with E-state index in [2.05, 4.69) is 4.98 Å². The van der Waals surface area contributed by atoms with E-state index in [1.807, 2.05) is 12.3 Å². The minimum atomic E-state index is -4.44. The lowest BCUT2D eigenvalue weighted by Gasteiger charge is -2.26. The average molecular weight is 421 g/mol. The number of carbonyl (C=O) groups is 1. The summed E-state index contributed by atoms with van der Waals surface area (Å²) in [5.41, 5.74) is 7.43. The molecule has 2 atom stereocenters. The van der Waals surface area contributed by atoms with Crippen molar-refractivity contribution < 1.29 is 22.4 Å². The number of furan rings is 1. The number of thiazole rings is 1. The molecule has 0 bridgehead atoms. The van der Waals surface area contributed by atoms with Gasteiger partial charge < -0.3 is 15.1 Å². The summed E-state index contributed by atoms with van der Waals surface area (Å²) in [5.74, 6) is 0.372. The lowest BCUT2D eigenvalue weighted by atomic mass is 10.0. The smallest absolute Gasteiger partial charge is 0.416 e. The molecule has 0 spiro atoms. The zero-order valence-corrected chi connectivity index (χ0v) is 16.3. The number of hydrogen-bond donors (Lipinski definition) is 1. The summed E-state index contributed by atoms with van der Waals surface area (Å²) in [5, 5.41) is 2.62. The molecule has 1 saturated heterocycles. The number of halogens is 3. The third-order valence-corrected chi connectivity index (χ3v) is 5.84. The van der Waals surface area contributed by atoms with E-state index in [1.54, 1.807) is 12.1 Å². The van der Waals surface area contributed by atoms with Crippen molar-refractivity contribution in [1.82, 2.24) is 9.88 Å². The van der Waals surface area contributed by atoms with Gasteiger partial charge in [-0.05, 0) is 30.7 Å². The maximum absolute atomic E-state index is 13.0. The highest BCUT2D eigenvalue weighted by atomic mass is 32.1. The van der Waals surface area contributed by atoms with Gasteiger partial charge in [-0.25, -0.2) is 4.98 Å². The number of benzene rings is 1. The zero-order chi connectivity index (χ0) is 20.8. The number of carbonyl (C=O) groups excluding carboxylic acids is 1. The maximum Gasteiger partial charge on any atom is 0.416 e. The van der Waals surface area contributed by atoms with Crippen LogP contribution in [0.3, 0.4) is 0 Å². The summed E-state index contributed by atoms with van der Waals surface area (Å²) in [4.78, 5) is 18.4. The number of hydrogen-bond acceptors (Lipinski definition) is 5. The molecule has 4 rings (SSSR count). The van der Waals surface area contributed by atoms with Gasteiger partial charge >= 0.3 is 6.18 Å². The van der Waals surface area contributed by atoms with Crippen LogP contribution in [0.25, 0.3) is 10.8 Å². The van der Waals surface area contributed by atoms with Gasteiger partial charge in [-0.3, -0.25) is 4.79 Å². The van der Waals surface area contributed by atoms with E-state index in [0.717, 1.165) is 22.8 Å². The van der Waals surface area contributed by atoms with Crippen molar-refractivity contribution in [2.45, 2.75) is 38.1 Å². The highest BCUT2D eigenvalue weighted by molar-refractivity contribution is 7.13. The molecule has 5 nitrogen and oxygen atoms in total. The number of nitrogens with two attached hydrogens (primary N) is 1. The van der Waals surface area contributed by atoms with E-state index in [4.69, 9.17) is 10.2 Å². The summed E-state index contributed by atoms with van der Waals surface area (Å²) in [6.45, 7) is 1.92. The molecule has 0 saturated carbocycles. The standard InChI is InChI=1S/C20H18F3N3O2S/c1-11-10-29-19(25-11)16-6-13(9-28-16)18-15(24)7-17(27)26(18)8-12-3-2-4-14(5-12)20(21,22)23/h2-6,9-10,15,18H,7-8,24H2,1H3. The summed E-state index contributed by atoms with van der Waals surface area (Å²) >= 11 is 1.44. The first-order valence-corrected chi connectivity index (χ1v) is 9.82. The number of amides is 1. The van der Waals surface area contributed by atoms with Gasteiger partial charge in [0.1, 0.15) is 0 Å². The maximum atomic E-state index is 13.0. The molecule has 152 valence electrons. The van der Waals surface area contributed by atoms with Crippen molar-refractivity contribution in [2.24, 2.45) is 5.73 Å². The Hall–Kier alpha value is -2.65. The molecule has 9 heteroatoms. The first kappa shape index (κ1) is 19.7. The number of likely N-dealkylation sites (tertiary alicyclic amines) is 1. The van der Waals surface area contributed by atoms with E-state index in [-0.39, 0.29) is 18.9 Å². The molecule has 2 aromatic heterocycles. The Bertz CT molecular complexity index is 1040. The van der Waals surface area contributed by atoms with E-state index < -0.39 is 23.8 Å². The third-order valence-electron chi connectivity index (χ3n) is 4.87. The van der Waals surface area contributed by atoms with E-state index >= 15 is 0 Å². The second-order valence-electron chi connectivity index (χ2n) is 7.07. The largest absolute Gasteiger partial charge is 0.461 e.